The summed E-state index contributed by atoms with van der Waals surface area (Å²) in [6.07, 6.45) is -4.99. The van der Waals surface area contributed by atoms with Crippen molar-refractivity contribution in [2.24, 2.45) is 0 Å². The van der Waals surface area contributed by atoms with Crippen molar-refractivity contribution in [2.75, 3.05) is 25.3 Å². The van der Waals surface area contributed by atoms with Crippen molar-refractivity contribution in [3.8, 4) is 11.5 Å². The van der Waals surface area contributed by atoms with E-state index < -0.39 is 12.1 Å². The lowest BCUT2D eigenvalue weighted by atomic mass is 10.2. The van der Waals surface area contributed by atoms with Crippen molar-refractivity contribution in [1.82, 2.24) is 0 Å². The van der Waals surface area contributed by atoms with Gasteiger partial charge in [-0.05, 0) is 0 Å². The summed E-state index contributed by atoms with van der Waals surface area (Å²) >= 11 is 0. The van der Waals surface area contributed by atoms with E-state index in [4.69, 9.17) is 15.2 Å². The third kappa shape index (κ3) is 2.96. The summed E-state index contributed by atoms with van der Waals surface area (Å²) in [4.78, 5) is 10.8. The van der Waals surface area contributed by atoms with Gasteiger partial charge in [0.15, 0.2) is 11.5 Å². The van der Waals surface area contributed by atoms with Crippen LogP contribution in [0.25, 0.3) is 0 Å². The average molecular weight is 264 g/mol. The first kappa shape index (κ1) is 13.9. The van der Waals surface area contributed by atoms with Gasteiger partial charge in [-0.2, -0.15) is 13.2 Å². The summed E-state index contributed by atoms with van der Waals surface area (Å²) < 4.78 is 46.0. The van der Waals surface area contributed by atoms with Crippen LogP contribution in [-0.2, 0) is 4.79 Å². The number of methoxy groups -OCH3 is 2. The summed E-state index contributed by atoms with van der Waals surface area (Å²) in [6.45, 7) is 0. The molecule has 5 nitrogen and oxygen atoms in total. The highest BCUT2D eigenvalue weighted by atomic mass is 19.4. The largest absolute Gasteiger partial charge is 0.493 e. The molecule has 1 aromatic rings. The topological polar surface area (TPSA) is 73.6 Å². The maximum Gasteiger partial charge on any atom is 0.471 e. The third-order valence-electron chi connectivity index (χ3n) is 2.06. The van der Waals surface area contributed by atoms with E-state index in [1.165, 1.54) is 20.3 Å². The number of hydrogen-bond donors (Lipinski definition) is 2. The Hall–Kier alpha value is -2.12. The Morgan fingerprint density at radius 1 is 1.22 bits per heavy atom. The zero-order valence-electron chi connectivity index (χ0n) is 9.59. The number of rotatable bonds is 3. The number of anilines is 2. The number of nitrogens with one attached hydrogen (secondary N) is 1. The van der Waals surface area contributed by atoms with Gasteiger partial charge in [-0.1, -0.05) is 0 Å². The van der Waals surface area contributed by atoms with Crippen molar-refractivity contribution in [2.45, 2.75) is 6.18 Å². The zero-order valence-corrected chi connectivity index (χ0v) is 9.59. The molecule has 0 aliphatic heterocycles. The summed E-state index contributed by atoms with van der Waals surface area (Å²) in [6, 6.07) is 2.41. The number of nitrogen functional groups attached to an aromatic ring is 1. The van der Waals surface area contributed by atoms with Gasteiger partial charge in [-0.15, -0.1) is 0 Å². The summed E-state index contributed by atoms with van der Waals surface area (Å²) in [5.41, 5.74) is 5.23. The van der Waals surface area contributed by atoms with Crippen LogP contribution in [0.1, 0.15) is 0 Å². The molecule has 0 atom stereocenters. The Bertz CT molecular complexity index is 460. The Labute approximate surface area is 101 Å². The number of nitrogens with two attached hydrogens (primary N) is 1. The van der Waals surface area contributed by atoms with Crippen LogP contribution in [0.5, 0.6) is 11.5 Å². The maximum atomic E-state index is 12.1. The molecule has 0 aromatic heterocycles. The normalized spacial score (nSPS) is 10.9. The molecule has 0 saturated carbocycles. The lowest BCUT2D eigenvalue weighted by Crippen LogP contribution is -2.30. The van der Waals surface area contributed by atoms with Crippen molar-refractivity contribution in [3.63, 3.8) is 0 Å². The molecule has 0 bridgehead atoms. The molecule has 0 spiro atoms. The summed E-state index contributed by atoms with van der Waals surface area (Å²) in [5.74, 6) is -1.70. The molecular weight excluding hydrogens is 253 g/mol. The number of halogens is 3. The Morgan fingerprint density at radius 3 is 2.17 bits per heavy atom. The van der Waals surface area contributed by atoms with E-state index in [1.807, 2.05) is 0 Å². The SMILES string of the molecule is COc1cc(N)c(NC(=O)C(F)(F)F)cc1OC. The minimum atomic E-state index is -4.99. The first-order valence-electron chi connectivity index (χ1n) is 4.69. The van der Waals surface area contributed by atoms with Gasteiger partial charge in [0.1, 0.15) is 0 Å². The van der Waals surface area contributed by atoms with Crippen molar-refractivity contribution in [1.29, 1.82) is 0 Å². The molecule has 3 N–H and O–H groups in total. The molecule has 100 valence electrons. The average Bonchev–Trinajstić information content (AvgIpc) is 2.29. The van der Waals surface area contributed by atoms with E-state index in [0.717, 1.165) is 6.07 Å². The molecule has 0 unspecified atom stereocenters. The summed E-state index contributed by atoms with van der Waals surface area (Å²) in [5, 5.41) is 1.65. The molecule has 0 fully saturated rings. The molecule has 18 heavy (non-hydrogen) atoms. The molecule has 1 aromatic carbocycles. The monoisotopic (exact) mass is 264 g/mol. The van der Waals surface area contributed by atoms with Gasteiger partial charge in [-0.3, -0.25) is 4.79 Å². The Kier molecular flexibility index (Phi) is 3.89. The van der Waals surface area contributed by atoms with Crippen LogP contribution in [0.4, 0.5) is 24.5 Å². The van der Waals surface area contributed by atoms with Crippen LogP contribution in [0.15, 0.2) is 12.1 Å². The van der Waals surface area contributed by atoms with Crippen LogP contribution in [0.3, 0.4) is 0 Å². The molecule has 0 saturated heterocycles. The second kappa shape index (κ2) is 5.03. The van der Waals surface area contributed by atoms with E-state index in [-0.39, 0.29) is 22.9 Å². The van der Waals surface area contributed by atoms with Crippen LogP contribution in [0.2, 0.25) is 0 Å². The molecule has 8 heteroatoms. The maximum absolute atomic E-state index is 12.1. The van der Waals surface area contributed by atoms with Crippen molar-refractivity contribution >= 4 is 17.3 Å². The van der Waals surface area contributed by atoms with Gasteiger partial charge < -0.3 is 20.5 Å². The Balaban J connectivity index is 3.07. The number of carbonyl (C=O) groups excluding carboxylic acids is 1. The third-order valence-corrected chi connectivity index (χ3v) is 2.06. The second-order valence-corrected chi connectivity index (χ2v) is 3.25. The number of hydrogen-bond acceptors (Lipinski definition) is 4. The lowest BCUT2D eigenvalue weighted by molar-refractivity contribution is -0.167. The first-order chi connectivity index (χ1) is 8.29. The number of carbonyl (C=O) groups is 1. The van der Waals surface area contributed by atoms with Crippen LogP contribution < -0.4 is 20.5 Å². The molecule has 1 amide bonds. The van der Waals surface area contributed by atoms with Gasteiger partial charge >= 0.3 is 12.1 Å². The molecule has 0 aliphatic rings. The van der Waals surface area contributed by atoms with E-state index in [2.05, 4.69) is 0 Å². The van der Waals surface area contributed by atoms with Gasteiger partial charge in [0.2, 0.25) is 0 Å². The van der Waals surface area contributed by atoms with E-state index in [1.54, 1.807) is 5.32 Å². The predicted octanol–water partition coefficient (Wildman–Crippen LogP) is 1.79. The van der Waals surface area contributed by atoms with E-state index >= 15 is 0 Å². The molecule has 0 heterocycles. The summed E-state index contributed by atoms with van der Waals surface area (Å²) in [7, 11) is 2.66. The predicted molar refractivity (Wildman–Crippen MR) is 58.6 cm³/mol. The van der Waals surface area contributed by atoms with Crippen molar-refractivity contribution in [3.05, 3.63) is 12.1 Å². The lowest BCUT2D eigenvalue weighted by Gasteiger charge is -2.14. The highest BCUT2D eigenvalue weighted by Gasteiger charge is 2.39. The number of amides is 1. The number of benzene rings is 1. The Morgan fingerprint density at radius 2 is 1.72 bits per heavy atom. The van der Waals surface area contributed by atoms with Gasteiger partial charge in [-0.25, -0.2) is 0 Å². The van der Waals surface area contributed by atoms with Gasteiger partial charge in [0, 0.05) is 12.1 Å². The highest BCUT2D eigenvalue weighted by Crippen LogP contribution is 2.35. The first-order valence-corrected chi connectivity index (χ1v) is 4.69. The van der Waals surface area contributed by atoms with Gasteiger partial charge in [0.25, 0.3) is 0 Å². The quantitative estimate of drug-likeness (QED) is 0.816. The molecule has 0 aliphatic carbocycles. The highest BCUT2D eigenvalue weighted by molar-refractivity contribution is 5.97. The van der Waals surface area contributed by atoms with Crippen molar-refractivity contribution < 1.29 is 27.4 Å². The molecular formula is C10H11F3N2O3. The fourth-order valence-corrected chi connectivity index (χ4v) is 1.20. The standard InChI is InChI=1S/C10H11F3N2O3/c1-17-7-3-5(14)6(4-8(7)18-2)15-9(16)10(11,12)13/h3-4H,14H2,1-2H3,(H,15,16). The molecule has 1 rings (SSSR count). The minimum Gasteiger partial charge on any atom is -0.493 e. The van der Waals surface area contributed by atoms with Crippen LogP contribution in [-0.4, -0.2) is 26.3 Å². The smallest absolute Gasteiger partial charge is 0.471 e. The second-order valence-electron chi connectivity index (χ2n) is 3.25. The van der Waals surface area contributed by atoms with Crippen LogP contribution >= 0.6 is 0 Å². The van der Waals surface area contributed by atoms with Gasteiger partial charge in [0.05, 0.1) is 25.6 Å². The minimum absolute atomic E-state index is 0.0646. The number of alkyl halides is 3. The molecule has 0 radical (unpaired) electrons. The van der Waals surface area contributed by atoms with Crippen LogP contribution in [0, 0.1) is 0 Å². The van der Waals surface area contributed by atoms with E-state index in [0.29, 0.717) is 0 Å². The fourth-order valence-electron chi connectivity index (χ4n) is 1.20. The number of ether oxygens (including phenoxy) is 2. The zero-order chi connectivity index (χ0) is 13.9. The fraction of sp³-hybridized carbons (Fsp3) is 0.300. The van der Waals surface area contributed by atoms with E-state index in [9.17, 15) is 18.0 Å².